The molecule has 0 unspecified atom stereocenters. The summed E-state index contributed by atoms with van der Waals surface area (Å²) in [5.74, 6) is 0.109. The van der Waals surface area contributed by atoms with E-state index in [2.05, 4.69) is 11.4 Å². The third kappa shape index (κ3) is 2.96. The van der Waals surface area contributed by atoms with Crippen LogP contribution in [0.1, 0.15) is 27.3 Å². The van der Waals surface area contributed by atoms with Gasteiger partial charge in [0, 0.05) is 33.4 Å². The lowest BCUT2D eigenvalue weighted by Gasteiger charge is -2.08. The second kappa shape index (κ2) is 5.94. The van der Waals surface area contributed by atoms with Gasteiger partial charge in [-0.15, -0.1) is 11.3 Å². The maximum Gasteiger partial charge on any atom is 0.138 e. The van der Waals surface area contributed by atoms with E-state index in [1.807, 2.05) is 11.3 Å². The smallest absolute Gasteiger partial charge is 0.138 e. The second-order valence-electron chi connectivity index (χ2n) is 5.01. The topological polar surface area (TPSA) is 32.3 Å². The summed E-state index contributed by atoms with van der Waals surface area (Å²) >= 11 is 13.7. The Balaban J connectivity index is 1.62. The van der Waals surface area contributed by atoms with Gasteiger partial charge in [-0.1, -0.05) is 23.2 Å². The Hall–Kier alpha value is -0.740. The molecule has 1 aliphatic carbocycles. The molecular formula is C15H15Cl2NOS. The number of phenols is 1. The van der Waals surface area contributed by atoms with E-state index >= 15 is 0 Å². The average molecular weight is 328 g/mol. The Kier molecular flexibility index (Phi) is 4.22. The highest BCUT2D eigenvalue weighted by atomic mass is 35.5. The molecule has 0 amide bonds. The van der Waals surface area contributed by atoms with Crippen molar-refractivity contribution in [2.75, 3.05) is 0 Å². The maximum atomic E-state index is 9.89. The minimum atomic E-state index is 0.109. The Morgan fingerprint density at radius 2 is 2.00 bits per heavy atom. The van der Waals surface area contributed by atoms with Crippen molar-refractivity contribution in [1.82, 2.24) is 5.32 Å². The van der Waals surface area contributed by atoms with E-state index in [-0.39, 0.29) is 5.75 Å². The molecule has 5 heteroatoms. The zero-order valence-electron chi connectivity index (χ0n) is 10.9. The van der Waals surface area contributed by atoms with Gasteiger partial charge >= 0.3 is 0 Å². The molecule has 0 aliphatic heterocycles. The largest absolute Gasteiger partial charge is 0.506 e. The number of rotatable bonds is 4. The van der Waals surface area contributed by atoms with Crippen LogP contribution in [-0.2, 0) is 25.9 Å². The van der Waals surface area contributed by atoms with Crippen LogP contribution in [0.15, 0.2) is 18.2 Å². The molecule has 2 nitrogen and oxygen atoms in total. The molecule has 106 valence electrons. The highest BCUT2D eigenvalue weighted by Gasteiger charge is 2.14. The average Bonchev–Trinajstić information content (AvgIpc) is 2.95. The summed E-state index contributed by atoms with van der Waals surface area (Å²) in [6.45, 7) is 1.36. The minimum Gasteiger partial charge on any atom is -0.506 e. The summed E-state index contributed by atoms with van der Waals surface area (Å²) in [6, 6.07) is 5.58. The molecule has 20 heavy (non-hydrogen) atoms. The number of hydrogen-bond donors (Lipinski definition) is 2. The molecule has 0 spiro atoms. The van der Waals surface area contributed by atoms with E-state index in [0.717, 1.165) is 12.1 Å². The monoisotopic (exact) mass is 327 g/mol. The molecule has 2 aromatic rings. The summed E-state index contributed by atoms with van der Waals surface area (Å²) in [6.07, 6.45) is 3.74. The van der Waals surface area contributed by atoms with Crippen LogP contribution in [0, 0.1) is 0 Å². The second-order valence-corrected chi connectivity index (χ2v) is 7.08. The Morgan fingerprint density at radius 1 is 1.15 bits per heavy atom. The Labute approximate surface area is 132 Å². The van der Waals surface area contributed by atoms with E-state index in [4.69, 9.17) is 23.2 Å². The lowest BCUT2D eigenvalue weighted by Crippen LogP contribution is -2.12. The van der Waals surface area contributed by atoms with Crippen molar-refractivity contribution >= 4 is 34.5 Å². The number of hydrogen-bond acceptors (Lipinski definition) is 3. The van der Waals surface area contributed by atoms with Crippen LogP contribution >= 0.6 is 34.5 Å². The van der Waals surface area contributed by atoms with Crippen molar-refractivity contribution in [3.05, 3.63) is 49.1 Å². The third-order valence-electron chi connectivity index (χ3n) is 3.52. The predicted octanol–water partition coefficient (Wildman–Crippen LogP) is 4.54. The molecule has 0 radical (unpaired) electrons. The first kappa shape index (κ1) is 14.2. The number of thiophene rings is 1. The predicted molar refractivity (Wildman–Crippen MR) is 85.0 cm³/mol. The number of aryl methyl sites for hydroxylation is 2. The molecule has 0 bridgehead atoms. The lowest BCUT2D eigenvalue weighted by atomic mass is 10.2. The van der Waals surface area contributed by atoms with Crippen LogP contribution in [0.4, 0.5) is 0 Å². The Bertz CT molecular complexity index is 618. The van der Waals surface area contributed by atoms with Crippen molar-refractivity contribution in [3.8, 4) is 5.75 Å². The molecule has 1 heterocycles. The standard InChI is InChI=1S/C15H15Cl2NOS/c16-11-4-10(15(19)13(17)6-11)7-18-8-12-5-9-2-1-3-14(9)20-12/h4-6,18-19H,1-3,7-8H2. The van der Waals surface area contributed by atoms with E-state index in [1.165, 1.54) is 34.6 Å². The van der Waals surface area contributed by atoms with Gasteiger partial charge in [0.05, 0.1) is 5.02 Å². The van der Waals surface area contributed by atoms with Gasteiger partial charge in [0.2, 0.25) is 0 Å². The van der Waals surface area contributed by atoms with Crippen molar-refractivity contribution in [1.29, 1.82) is 0 Å². The maximum absolute atomic E-state index is 9.89. The van der Waals surface area contributed by atoms with E-state index in [0.29, 0.717) is 16.6 Å². The number of benzene rings is 1. The first-order chi connectivity index (χ1) is 9.63. The van der Waals surface area contributed by atoms with Crippen molar-refractivity contribution in [2.45, 2.75) is 32.4 Å². The highest BCUT2D eigenvalue weighted by Crippen LogP contribution is 2.32. The van der Waals surface area contributed by atoms with Crippen LogP contribution in [0.25, 0.3) is 0 Å². The molecule has 1 aromatic heterocycles. The first-order valence-corrected chi connectivity index (χ1v) is 8.19. The van der Waals surface area contributed by atoms with Gasteiger partial charge in [-0.3, -0.25) is 0 Å². The van der Waals surface area contributed by atoms with Gasteiger partial charge in [0.1, 0.15) is 5.75 Å². The van der Waals surface area contributed by atoms with Gasteiger partial charge in [0.25, 0.3) is 0 Å². The molecule has 3 rings (SSSR count). The number of aromatic hydroxyl groups is 1. The molecular weight excluding hydrogens is 313 g/mol. The first-order valence-electron chi connectivity index (χ1n) is 6.61. The summed E-state index contributed by atoms with van der Waals surface area (Å²) in [7, 11) is 0. The summed E-state index contributed by atoms with van der Waals surface area (Å²) < 4.78 is 0. The van der Waals surface area contributed by atoms with Crippen LogP contribution < -0.4 is 5.32 Å². The molecule has 0 atom stereocenters. The fourth-order valence-electron chi connectivity index (χ4n) is 2.55. The Morgan fingerprint density at radius 3 is 2.80 bits per heavy atom. The van der Waals surface area contributed by atoms with Gasteiger partial charge in [-0.05, 0) is 43.0 Å². The van der Waals surface area contributed by atoms with Crippen molar-refractivity contribution in [2.24, 2.45) is 0 Å². The molecule has 0 saturated heterocycles. The number of halogens is 2. The third-order valence-corrected chi connectivity index (χ3v) is 5.26. The quantitative estimate of drug-likeness (QED) is 0.864. The minimum absolute atomic E-state index is 0.109. The normalized spacial score (nSPS) is 13.7. The van der Waals surface area contributed by atoms with Crippen LogP contribution in [0.2, 0.25) is 10.0 Å². The van der Waals surface area contributed by atoms with E-state index < -0.39 is 0 Å². The summed E-state index contributed by atoms with van der Waals surface area (Å²) in [5.41, 5.74) is 2.24. The van der Waals surface area contributed by atoms with Crippen molar-refractivity contribution < 1.29 is 5.11 Å². The van der Waals surface area contributed by atoms with Crippen LogP contribution in [-0.4, -0.2) is 5.11 Å². The zero-order chi connectivity index (χ0) is 14.1. The highest BCUT2D eigenvalue weighted by molar-refractivity contribution is 7.12. The van der Waals surface area contributed by atoms with Gasteiger partial charge in [-0.25, -0.2) is 0 Å². The molecule has 0 fully saturated rings. The van der Waals surface area contributed by atoms with E-state index in [1.54, 1.807) is 12.1 Å². The summed E-state index contributed by atoms with van der Waals surface area (Å²) in [5, 5.41) is 14.1. The summed E-state index contributed by atoms with van der Waals surface area (Å²) in [4.78, 5) is 2.89. The molecule has 1 aliphatic rings. The molecule has 1 aromatic carbocycles. The van der Waals surface area contributed by atoms with E-state index in [9.17, 15) is 5.11 Å². The fraction of sp³-hybridized carbons (Fsp3) is 0.333. The number of nitrogens with one attached hydrogen (secondary N) is 1. The number of phenolic OH excluding ortho intramolecular Hbond substituents is 1. The lowest BCUT2D eigenvalue weighted by molar-refractivity contribution is 0.465. The number of fused-ring (bicyclic) bond motifs is 1. The van der Waals surface area contributed by atoms with Gasteiger partial charge in [0.15, 0.2) is 0 Å². The van der Waals surface area contributed by atoms with Crippen LogP contribution in [0.5, 0.6) is 5.75 Å². The molecule has 2 N–H and O–H groups in total. The SMILES string of the molecule is Oc1c(Cl)cc(Cl)cc1CNCc1cc2c(s1)CCC2. The zero-order valence-corrected chi connectivity index (χ0v) is 13.2. The van der Waals surface area contributed by atoms with Gasteiger partial charge < -0.3 is 10.4 Å². The van der Waals surface area contributed by atoms with Crippen LogP contribution in [0.3, 0.4) is 0 Å². The van der Waals surface area contributed by atoms with Crippen molar-refractivity contribution in [3.63, 3.8) is 0 Å². The fourth-order valence-corrected chi connectivity index (χ4v) is 4.32. The molecule has 0 saturated carbocycles. The van der Waals surface area contributed by atoms with Gasteiger partial charge in [-0.2, -0.15) is 0 Å².